The summed E-state index contributed by atoms with van der Waals surface area (Å²) in [5, 5.41) is 2.90. The number of ketones is 1. The minimum atomic E-state index is -0.0668. The number of nitrogens with zero attached hydrogens (tertiary/aromatic N) is 1. The van der Waals surface area contributed by atoms with Crippen LogP contribution in [0.5, 0.6) is 5.75 Å². The van der Waals surface area contributed by atoms with Gasteiger partial charge in [-0.05, 0) is 45.0 Å². The first-order valence-corrected chi connectivity index (χ1v) is 9.33. The molecule has 1 saturated heterocycles. The number of carbonyl (C=O) groups excluding carboxylic acids is 2. The average Bonchev–Trinajstić information content (AvgIpc) is 2.69. The predicted octanol–water partition coefficient (Wildman–Crippen LogP) is 3.54. The zero-order valence-corrected chi connectivity index (χ0v) is 15.9. The predicted molar refractivity (Wildman–Crippen MR) is 106 cm³/mol. The molecule has 0 spiro atoms. The molecule has 0 bridgehead atoms. The highest BCUT2D eigenvalue weighted by molar-refractivity contribution is 5.98. The van der Waals surface area contributed by atoms with Crippen molar-refractivity contribution in [2.75, 3.05) is 32.1 Å². The number of ether oxygens (including phenoxy) is 1. The molecule has 1 N–H and O–H groups in total. The second kappa shape index (κ2) is 8.82. The first-order valence-electron chi connectivity index (χ1n) is 9.33. The molecule has 1 amide bonds. The maximum atomic E-state index is 12.6. The molecule has 27 heavy (non-hydrogen) atoms. The number of carbonyl (C=O) groups is 2. The van der Waals surface area contributed by atoms with Crippen molar-refractivity contribution in [1.82, 2.24) is 4.90 Å². The molecule has 5 nitrogen and oxygen atoms in total. The van der Waals surface area contributed by atoms with Crippen molar-refractivity contribution in [2.45, 2.75) is 19.8 Å². The van der Waals surface area contributed by atoms with Crippen molar-refractivity contribution in [3.63, 3.8) is 0 Å². The third kappa shape index (κ3) is 4.95. The van der Waals surface area contributed by atoms with Crippen LogP contribution in [0.15, 0.2) is 48.5 Å². The van der Waals surface area contributed by atoms with Gasteiger partial charge in [-0.15, -0.1) is 0 Å². The first-order chi connectivity index (χ1) is 13.1. The molecule has 2 aromatic carbocycles. The van der Waals surface area contributed by atoms with E-state index in [1.807, 2.05) is 55.5 Å². The molecule has 5 heteroatoms. The lowest BCUT2D eigenvalue weighted by atomic mass is 9.88. The van der Waals surface area contributed by atoms with E-state index >= 15 is 0 Å². The number of hydrogen-bond acceptors (Lipinski definition) is 4. The van der Waals surface area contributed by atoms with Crippen LogP contribution in [0.1, 0.15) is 28.8 Å². The summed E-state index contributed by atoms with van der Waals surface area (Å²) < 4.78 is 5.26. The van der Waals surface area contributed by atoms with Gasteiger partial charge in [-0.1, -0.05) is 42.0 Å². The van der Waals surface area contributed by atoms with Crippen molar-refractivity contribution < 1.29 is 14.3 Å². The van der Waals surface area contributed by atoms with E-state index in [1.165, 1.54) is 0 Å². The highest BCUT2D eigenvalue weighted by atomic mass is 16.5. The number of benzene rings is 2. The quantitative estimate of drug-likeness (QED) is 0.795. The van der Waals surface area contributed by atoms with Crippen molar-refractivity contribution >= 4 is 17.4 Å². The van der Waals surface area contributed by atoms with Gasteiger partial charge < -0.3 is 10.1 Å². The van der Waals surface area contributed by atoms with Crippen molar-refractivity contribution in [1.29, 1.82) is 0 Å². The summed E-state index contributed by atoms with van der Waals surface area (Å²) in [6.07, 6.45) is 1.57. The van der Waals surface area contributed by atoms with E-state index in [1.54, 1.807) is 7.11 Å². The van der Waals surface area contributed by atoms with E-state index in [0.717, 1.165) is 37.1 Å². The van der Waals surface area contributed by atoms with E-state index in [-0.39, 0.29) is 17.6 Å². The number of Topliss-reactive ketones (excluding diaryl/α,β-unsaturated/α-hetero) is 1. The third-order valence-electron chi connectivity index (χ3n) is 5.04. The molecule has 1 heterocycles. The van der Waals surface area contributed by atoms with Gasteiger partial charge in [-0.2, -0.15) is 0 Å². The molecule has 1 aliphatic heterocycles. The van der Waals surface area contributed by atoms with Crippen LogP contribution >= 0.6 is 0 Å². The Bertz CT molecular complexity index is 793. The largest absolute Gasteiger partial charge is 0.495 e. The maximum absolute atomic E-state index is 12.6. The molecule has 0 aromatic heterocycles. The second-order valence-corrected chi connectivity index (χ2v) is 7.03. The van der Waals surface area contributed by atoms with E-state index in [4.69, 9.17) is 4.74 Å². The van der Waals surface area contributed by atoms with Crippen LogP contribution in [0.2, 0.25) is 0 Å². The lowest BCUT2D eigenvalue weighted by Crippen LogP contribution is -2.40. The van der Waals surface area contributed by atoms with E-state index in [9.17, 15) is 9.59 Å². The normalized spacial score (nSPS) is 15.3. The summed E-state index contributed by atoms with van der Waals surface area (Å²) >= 11 is 0. The Morgan fingerprint density at radius 3 is 2.41 bits per heavy atom. The lowest BCUT2D eigenvalue weighted by Gasteiger charge is -2.30. The van der Waals surface area contributed by atoms with Gasteiger partial charge in [0.2, 0.25) is 5.91 Å². The fourth-order valence-corrected chi connectivity index (χ4v) is 3.45. The van der Waals surface area contributed by atoms with Gasteiger partial charge in [0.1, 0.15) is 5.75 Å². The molecule has 0 aliphatic carbocycles. The van der Waals surface area contributed by atoms with Gasteiger partial charge in [-0.25, -0.2) is 0 Å². The Morgan fingerprint density at radius 1 is 1.07 bits per heavy atom. The second-order valence-electron chi connectivity index (χ2n) is 7.03. The number of rotatable bonds is 6. The zero-order chi connectivity index (χ0) is 19.2. The van der Waals surface area contributed by atoms with Gasteiger partial charge in [0.05, 0.1) is 19.3 Å². The lowest BCUT2D eigenvalue weighted by molar-refractivity contribution is -0.117. The van der Waals surface area contributed by atoms with Gasteiger partial charge >= 0.3 is 0 Å². The Kier molecular flexibility index (Phi) is 6.24. The molecular weight excluding hydrogens is 340 g/mol. The minimum Gasteiger partial charge on any atom is -0.495 e. The van der Waals surface area contributed by atoms with Gasteiger partial charge in [0.15, 0.2) is 5.78 Å². The molecule has 1 aliphatic rings. The third-order valence-corrected chi connectivity index (χ3v) is 5.04. The number of methoxy groups -OCH3 is 1. The Morgan fingerprint density at radius 2 is 1.74 bits per heavy atom. The first kappa shape index (κ1) is 19.1. The molecule has 0 atom stereocenters. The number of piperidine rings is 1. The highest BCUT2D eigenvalue weighted by Crippen LogP contribution is 2.24. The number of nitrogens with one attached hydrogen (secondary N) is 1. The van der Waals surface area contributed by atoms with Crippen LogP contribution in [0, 0.1) is 12.8 Å². The number of aryl methyl sites for hydroxylation is 1. The molecule has 0 radical (unpaired) electrons. The summed E-state index contributed by atoms with van der Waals surface area (Å²) in [6, 6.07) is 15.1. The highest BCUT2D eigenvalue weighted by Gasteiger charge is 2.26. The maximum Gasteiger partial charge on any atom is 0.238 e. The summed E-state index contributed by atoms with van der Waals surface area (Å²) in [5.41, 5.74) is 2.62. The number of amides is 1. The van der Waals surface area contributed by atoms with E-state index < -0.39 is 0 Å². The van der Waals surface area contributed by atoms with Crippen LogP contribution in [0.25, 0.3) is 0 Å². The molecule has 3 rings (SSSR count). The Labute approximate surface area is 160 Å². The molecule has 2 aromatic rings. The minimum absolute atomic E-state index is 0.0428. The molecule has 0 saturated carbocycles. The summed E-state index contributed by atoms with van der Waals surface area (Å²) in [7, 11) is 1.58. The zero-order valence-electron chi connectivity index (χ0n) is 15.9. The fraction of sp³-hybridized carbons (Fsp3) is 0.364. The van der Waals surface area contributed by atoms with Crippen molar-refractivity contribution in [3.8, 4) is 5.75 Å². The summed E-state index contributed by atoms with van der Waals surface area (Å²) in [5.74, 6) is 0.838. The number of likely N-dealkylation sites (tertiary alicyclic amines) is 1. The van der Waals surface area contributed by atoms with Gasteiger partial charge in [0.25, 0.3) is 0 Å². The van der Waals surface area contributed by atoms with Crippen LogP contribution in [0.3, 0.4) is 0 Å². The number of hydrogen-bond donors (Lipinski definition) is 1. The van der Waals surface area contributed by atoms with E-state index in [0.29, 0.717) is 18.0 Å². The van der Waals surface area contributed by atoms with Crippen LogP contribution in [-0.4, -0.2) is 43.3 Å². The Hall–Kier alpha value is -2.66. The number of anilines is 1. The van der Waals surface area contributed by atoms with Crippen molar-refractivity contribution in [2.24, 2.45) is 5.92 Å². The smallest absolute Gasteiger partial charge is 0.238 e. The molecular formula is C22H26N2O3. The Balaban J connectivity index is 1.49. The summed E-state index contributed by atoms with van der Waals surface area (Å²) in [6.45, 7) is 3.84. The molecule has 1 fully saturated rings. The average molecular weight is 366 g/mol. The van der Waals surface area contributed by atoms with E-state index in [2.05, 4.69) is 10.2 Å². The standard InChI is InChI=1S/C22H26N2O3/c1-16-7-9-17(10-8-16)22(26)18-11-13-24(14-12-18)15-21(25)23-19-5-3-4-6-20(19)27-2/h3-10,18H,11-15H2,1-2H3,(H,23,25). The summed E-state index contributed by atoms with van der Waals surface area (Å²) in [4.78, 5) is 27.1. The van der Waals surface area contributed by atoms with Crippen molar-refractivity contribution in [3.05, 3.63) is 59.7 Å². The fourth-order valence-electron chi connectivity index (χ4n) is 3.45. The van der Waals surface area contributed by atoms with Crippen LogP contribution < -0.4 is 10.1 Å². The van der Waals surface area contributed by atoms with Crippen LogP contribution in [-0.2, 0) is 4.79 Å². The van der Waals surface area contributed by atoms with Crippen LogP contribution in [0.4, 0.5) is 5.69 Å². The SMILES string of the molecule is COc1ccccc1NC(=O)CN1CCC(C(=O)c2ccc(C)cc2)CC1. The van der Waals surface area contributed by atoms with Gasteiger partial charge in [-0.3, -0.25) is 14.5 Å². The monoisotopic (exact) mass is 366 g/mol. The molecule has 142 valence electrons. The van der Waals surface area contributed by atoms with Gasteiger partial charge in [0, 0.05) is 11.5 Å². The topological polar surface area (TPSA) is 58.6 Å². The molecule has 0 unspecified atom stereocenters. The number of para-hydroxylation sites is 2.